The van der Waals surface area contributed by atoms with Crippen molar-refractivity contribution in [1.82, 2.24) is 14.8 Å². The van der Waals surface area contributed by atoms with Gasteiger partial charge in [0.05, 0.1) is 4.88 Å². The molecule has 1 amide bonds. The summed E-state index contributed by atoms with van der Waals surface area (Å²) < 4.78 is 44.7. The van der Waals surface area contributed by atoms with Crippen LogP contribution in [-0.2, 0) is 19.6 Å². The number of carbonyl (C=O) groups is 1. The lowest BCUT2D eigenvalue weighted by Crippen LogP contribution is -2.62. The van der Waals surface area contributed by atoms with Gasteiger partial charge < -0.3 is 9.64 Å². The van der Waals surface area contributed by atoms with Crippen molar-refractivity contribution in [2.75, 3.05) is 44.3 Å². The number of anilines is 1. The Bertz CT molecular complexity index is 1040. The molecule has 2 fully saturated rings. The van der Waals surface area contributed by atoms with Gasteiger partial charge in [0.2, 0.25) is 10.0 Å². The summed E-state index contributed by atoms with van der Waals surface area (Å²) in [4.78, 5) is 19.7. The molecule has 2 aliphatic heterocycles. The first kappa shape index (κ1) is 24.8. The van der Waals surface area contributed by atoms with Crippen molar-refractivity contribution >= 4 is 44.8 Å². The van der Waals surface area contributed by atoms with Gasteiger partial charge in [-0.1, -0.05) is 23.5 Å². The zero-order valence-corrected chi connectivity index (χ0v) is 19.5. The highest BCUT2D eigenvalue weighted by Crippen LogP contribution is 2.35. The number of piperazine rings is 1. The van der Waals surface area contributed by atoms with E-state index in [1.165, 1.54) is 33.3 Å². The highest BCUT2D eigenvalue weighted by atomic mass is 35.5. The largest absolute Gasteiger partial charge is 0.381 e. The molecule has 0 unspecified atom stereocenters. The topological polar surface area (TPSA) is 112 Å². The normalized spacial score (nSPS) is 19.2. The van der Waals surface area contributed by atoms with E-state index in [4.69, 9.17) is 9.94 Å². The summed E-state index contributed by atoms with van der Waals surface area (Å²) in [5.74, 6) is -1.22. The van der Waals surface area contributed by atoms with Gasteiger partial charge in [0.15, 0.2) is 9.88 Å². The fourth-order valence-electron chi connectivity index (χ4n) is 3.93. The lowest BCUT2D eigenvalue weighted by atomic mass is 9.98. The van der Waals surface area contributed by atoms with Gasteiger partial charge in [-0.3, -0.25) is 10.0 Å². The number of sulfonamides is 1. The van der Waals surface area contributed by atoms with Crippen molar-refractivity contribution in [1.29, 1.82) is 0 Å². The van der Waals surface area contributed by atoms with Gasteiger partial charge in [-0.2, -0.15) is 4.31 Å². The second kappa shape index (κ2) is 9.98. The van der Waals surface area contributed by atoms with E-state index < -0.39 is 20.7 Å². The van der Waals surface area contributed by atoms with E-state index in [9.17, 15) is 17.6 Å². The van der Waals surface area contributed by atoms with Crippen LogP contribution in [0.2, 0.25) is 0 Å². The molecule has 2 aromatic rings. The Morgan fingerprint density at radius 1 is 1.16 bits per heavy atom. The number of hydroxylamine groups is 1. The van der Waals surface area contributed by atoms with Crippen molar-refractivity contribution in [2.45, 2.75) is 17.6 Å². The minimum Gasteiger partial charge on any atom is -0.381 e. The molecule has 2 saturated heterocycles. The molecule has 9 nitrogen and oxygen atoms in total. The fourth-order valence-corrected chi connectivity index (χ4v) is 7.00. The van der Waals surface area contributed by atoms with Gasteiger partial charge in [-0.15, -0.1) is 12.4 Å². The van der Waals surface area contributed by atoms with Crippen molar-refractivity contribution in [3.8, 4) is 10.4 Å². The zero-order chi connectivity index (χ0) is 22.1. The number of nitrogens with one attached hydrogen (secondary N) is 1. The quantitative estimate of drug-likeness (QED) is 0.470. The summed E-state index contributed by atoms with van der Waals surface area (Å²) in [6.07, 6.45) is 1.71. The van der Waals surface area contributed by atoms with E-state index in [1.807, 2.05) is 4.90 Å². The molecule has 13 heteroatoms. The zero-order valence-electron chi connectivity index (χ0n) is 17.1. The van der Waals surface area contributed by atoms with Gasteiger partial charge >= 0.3 is 0 Å². The van der Waals surface area contributed by atoms with Crippen LogP contribution in [0, 0.1) is 5.82 Å². The summed E-state index contributed by atoms with van der Waals surface area (Å²) in [5.41, 5.74) is 2.40. The minimum atomic E-state index is -4.00. The third kappa shape index (κ3) is 4.47. The first-order valence-corrected chi connectivity index (χ1v) is 12.1. The van der Waals surface area contributed by atoms with Crippen LogP contribution in [-0.4, -0.2) is 73.0 Å². The number of amides is 1. The minimum absolute atomic E-state index is 0. The first-order valence-electron chi connectivity index (χ1n) is 9.86. The number of thiazole rings is 1. The highest BCUT2D eigenvalue weighted by molar-refractivity contribution is 7.91. The van der Waals surface area contributed by atoms with Crippen molar-refractivity contribution < 1.29 is 27.5 Å². The number of rotatable bonds is 5. The third-order valence-electron chi connectivity index (χ3n) is 5.78. The highest BCUT2D eigenvalue weighted by Gasteiger charge is 2.54. The number of benzene rings is 1. The maximum atomic E-state index is 13.4. The van der Waals surface area contributed by atoms with Gasteiger partial charge in [-0.25, -0.2) is 23.3 Å². The molecule has 0 bridgehead atoms. The maximum Gasteiger partial charge on any atom is 0.266 e. The molecular weight excluding hydrogens is 483 g/mol. The maximum absolute atomic E-state index is 13.4. The summed E-state index contributed by atoms with van der Waals surface area (Å²) >= 11 is 1.45. The van der Waals surface area contributed by atoms with E-state index >= 15 is 0 Å². The van der Waals surface area contributed by atoms with E-state index in [2.05, 4.69) is 4.98 Å². The molecule has 0 aliphatic carbocycles. The lowest BCUT2D eigenvalue weighted by Gasteiger charge is -2.41. The average Bonchev–Trinajstić information content (AvgIpc) is 3.29. The smallest absolute Gasteiger partial charge is 0.266 e. The second-order valence-electron chi connectivity index (χ2n) is 7.45. The molecule has 2 aliphatic rings. The van der Waals surface area contributed by atoms with Gasteiger partial charge in [-0.05, 0) is 17.7 Å². The van der Waals surface area contributed by atoms with Crippen molar-refractivity contribution in [3.63, 3.8) is 0 Å². The van der Waals surface area contributed by atoms with E-state index in [1.54, 1.807) is 18.3 Å². The third-order valence-corrected chi connectivity index (χ3v) is 9.51. The molecule has 1 aromatic carbocycles. The van der Waals surface area contributed by atoms with E-state index in [0.717, 1.165) is 15.6 Å². The fraction of sp³-hybridized carbons (Fsp3) is 0.474. The molecule has 0 radical (unpaired) electrons. The van der Waals surface area contributed by atoms with Gasteiger partial charge in [0, 0.05) is 58.4 Å². The number of nitrogens with zero attached hydrogens (tertiary/aromatic N) is 3. The van der Waals surface area contributed by atoms with Crippen LogP contribution >= 0.6 is 23.7 Å². The van der Waals surface area contributed by atoms with Crippen LogP contribution in [0.3, 0.4) is 0 Å². The average molecular weight is 507 g/mol. The second-order valence-corrected chi connectivity index (χ2v) is 10.7. The molecule has 2 N–H and O–H groups in total. The molecule has 4 rings (SSSR count). The van der Waals surface area contributed by atoms with E-state index in [0.29, 0.717) is 13.1 Å². The molecule has 0 spiro atoms. The molecular formula is C19H24ClFN4O5S2. The van der Waals surface area contributed by atoms with Gasteiger partial charge in [0.25, 0.3) is 5.91 Å². The molecule has 1 aromatic heterocycles. The van der Waals surface area contributed by atoms with Crippen LogP contribution < -0.4 is 10.4 Å². The SMILES string of the molecule is Cl.O=C(NO)C1(S(=O)(=O)N2CCN(c3ncc(-c4ccc(F)cc4)s3)CC2)CCOCC1. The Balaban J connectivity index is 0.00000289. The van der Waals surface area contributed by atoms with Crippen LogP contribution in [0.4, 0.5) is 9.52 Å². The monoisotopic (exact) mass is 506 g/mol. The Morgan fingerprint density at radius 2 is 1.78 bits per heavy atom. The first-order chi connectivity index (χ1) is 14.9. The standard InChI is InChI=1S/C19H23FN4O5S2.ClH/c20-15-3-1-14(2-4-15)16-13-21-18(30-16)23-7-9-24(10-8-23)31(27,28)19(17(25)22-26)5-11-29-12-6-19;/h1-4,13,26H,5-12H2,(H,22,25);1H. The Morgan fingerprint density at radius 3 is 2.38 bits per heavy atom. The van der Waals surface area contributed by atoms with Crippen LogP contribution in [0.15, 0.2) is 30.5 Å². The Kier molecular flexibility index (Phi) is 7.73. The number of ether oxygens (including phenoxy) is 1. The van der Waals surface area contributed by atoms with Gasteiger partial charge in [0.1, 0.15) is 5.82 Å². The van der Waals surface area contributed by atoms with Crippen LogP contribution in [0.5, 0.6) is 0 Å². The Hall–Kier alpha value is -1.83. The predicted molar refractivity (Wildman–Crippen MR) is 120 cm³/mol. The summed E-state index contributed by atoms with van der Waals surface area (Å²) in [7, 11) is -4.00. The number of carbonyl (C=O) groups excluding carboxylic acids is 1. The molecule has 0 atom stereocenters. The van der Waals surface area contributed by atoms with E-state index in [-0.39, 0.29) is 57.4 Å². The summed E-state index contributed by atoms with van der Waals surface area (Å²) in [6, 6.07) is 6.17. The molecule has 176 valence electrons. The molecule has 32 heavy (non-hydrogen) atoms. The summed E-state index contributed by atoms with van der Waals surface area (Å²) in [6.45, 7) is 1.52. The van der Waals surface area contributed by atoms with Crippen LogP contribution in [0.1, 0.15) is 12.8 Å². The lowest BCUT2D eigenvalue weighted by molar-refractivity contribution is -0.134. The van der Waals surface area contributed by atoms with Crippen molar-refractivity contribution in [3.05, 3.63) is 36.3 Å². The van der Waals surface area contributed by atoms with Crippen molar-refractivity contribution in [2.24, 2.45) is 0 Å². The predicted octanol–water partition coefficient (Wildman–Crippen LogP) is 1.88. The Labute approximate surface area is 195 Å². The number of halogens is 2. The number of hydrogen-bond acceptors (Lipinski definition) is 8. The number of aromatic nitrogens is 1. The van der Waals surface area contributed by atoms with Crippen LogP contribution in [0.25, 0.3) is 10.4 Å². The number of hydrogen-bond donors (Lipinski definition) is 2. The summed E-state index contributed by atoms with van der Waals surface area (Å²) in [5, 5.41) is 9.91. The molecule has 0 saturated carbocycles. The molecule has 3 heterocycles.